The zero-order valence-electron chi connectivity index (χ0n) is 12.3. The van der Waals surface area contributed by atoms with E-state index < -0.39 is 10.0 Å². The molecular weight excluding hydrogens is 332 g/mol. The average molecular weight is 348 g/mol. The lowest BCUT2D eigenvalue weighted by molar-refractivity contribution is 0.352. The molecule has 120 valence electrons. The fourth-order valence-corrected chi connectivity index (χ4v) is 4.80. The monoisotopic (exact) mass is 348 g/mol. The molecule has 1 aliphatic carbocycles. The lowest BCUT2D eigenvalue weighted by atomic mass is 10.1. The number of para-hydroxylation sites is 1. The molecule has 0 saturated heterocycles. The number of hydrogen-bond acceptors (Lipinski definition) is 5. The molecule has 2 aromatic rings. The van der Waals surface area contributed by atoms with E-state index in [-0.39, 0.29) is 17.6 Å². The van der Waals surface area contributed by atoms with Crippen LogP contribution in [0.5, 0.6) is 5.75 Å². The van der Waals surface area contributed by atoms with Crippen LogP contribution in [0.25, 0.3) is 6.08 Å². The first kappa shape index (κ1) is 14.9. The SMILES string of the molecule is O=S(=O)(NC(c1nccs1)C1CC1)C1=Cc2ccccc2OC1. The standard InChI is InChI=1S/C16H16N2O3S2/c19-23(20,13-9-12-3-1-2-4-14(12)21-10-13)18-15(11-5-6-11)16-17-7-8-22-16/h1-4,7-9,11,15,18H,5-6,10H2. The smallest absolute Gasteiger partial charge is 0.240 e. The molecule has 0 amide bonds. The number of benzene rings is 1. The number of fused-ring (bicyclic) bond motifs is 1. The minimum atomic E-state index is -3.60. The van der Waals surface area contributed by atoms with Gasteiger partial charge in [0.15, 0.2) is 0 Å². The van der Waals surface area contributed by atoms with E-state index in [1.54, 1.807) is 12.3 Å². The maximum absolute atomic E-state index is 12.8. The third-order valence-corrected chi connectivity index (χ3v) is 6.39. The highest BCUT2D eigenvalue weighted by atomic mass is 32.2. The van der Waals surface area contributed by atoms with E-state index in [0.717, 1.165) is 23.4 Å². The van der Waals surface area contributed by atoms with Crippen LogP contribution in [-0.4, -0.2) is 20.0 Å². The van der Waals surface area contributed by atoms with Crippen LogP contribution in [0.2, 0.25) is 0 Å². The number of aromatic nitrogens is 1. The Balaban J connectivity index is 1.62. The van der Waals surface area contributed by atoms with Crippen molar-refractivity contribution in [2.75, 3.05) is 6.61 Å². The lowest BCUT2D eigenvalue weighted by Crippen LogP contribution is -2.33. The van der Waals surface area contributed by atoms with Gasteiger partial charge in [0.05, 0.1) is 10.9 Å². The van der Waals surface area contributed by atoms with Gasteiger partial charge in [-0.1, -0.05) is 18.2 Å². The van der Waals surface area contributed by atoms with Gasteiger partial charge in [-0.05, 0) is 30.9 Å². The molecule has 1 aromatic heterocycles. The van der Waals surface area contributed by atoms with Crippen molar-refractivity contribution in [2.24, 2.45) is 5.92 Å². The van der Waals surface area contributed by atoms with E-state index in [2.05, 4.69) is 9.71 Å². The molecule has 0 spiro atoms. The van der Waals surface area contributed by atoms with Gasteiger partial charge in [-0.2, -0.15) is 0 Å². The van der Waals surface area contributed by atoms with Gasteiger partial charge in [0.25, 0.3) is 0 Å². The van der Waals surface area contributed by atoms with Gasteiger partial charge < -0.3 is 4.74 Å². The summed E-state index contributed by atoms with van der Waals surface area (Å²) in [5, 5.41) is 2.70. The first-order valence-electron chi connectivity index (χ1n) is 7.47. The second kappa shape index (κ2) is 5.74. The van der Waals surface area contributed by atoms with Crippen LogP contribution in [0.15, 0.2) is 40.7 Å². The summed E-state index contributed by atoms with van der Waals surface area (Å²) in [6.45, 7) is 0.0571. The highest BCUT2D eigenvalue weighted by Gasteiger charge is 2.37. The molecule has 4 rings (SSSR count). The minimum Gasteiger partial charge on any atom is -0.487 e. The van der Waals surface area contributed by atoms with E-state index in [1.807, 2.05) is 29.6 Å². The van der Waals surface area contributed by atoms with Crippen LogP contribution in [0.4, 0.5) is 0 Å². The Morgan fingerprint density at radius 1 is 1.30 bits per heavy atom. The Kier molecular flexibility index (Phi) is 3.71. The number of hydrogen-bond donors (Lipinski definition) is 1. The highest BCUT2D eigenvalue weighted by Crippen LogP contribution is 2.42. The Bertz CT molecular complexity index is 840. The fraction of sp³-hybridized carbons (Fsp3) is 0.312. The van der Waals surface area contributed by atoms with Gasteiger partial charge in [-0.25, -0.2) is 18.1 Å². The topological polar surface area (TPSA) is 68.3 Å². The van der Waals surface area contributed by atoms with Gasteiger partial charge in [-0.15, -0.1) is 11.3 Å². The van der Waals surface area contributed by atoms with Gasteiger partial charge in [0, 0.05) is 17.1 Å². The van der Waals surface area contributed by atoms with Crippen LogP contribution < -0.4 is 9.46 Å². The third kappa shape index (κ3) is 3.04. The second-order valence-corrected chi connectivity index (χ2v) is 8.44. The number of ether oxygens (including phenoxy) is 1. The van der Waals surface area contributed by atoms with E-state index in [1.165, 1.54) is 11.3 Å². The van der Waals surface area contributed by atoms with Crippen molar-refractivity contribution >= 4 is 27.4 Å². The minimum absolute atomic E-state index is 0.0571. The normalized spacial score (nSPS) is 18.7. The van der Waals surface area contributed by atoms with Crippen molar-refractivity contribution in [1.82, 2.24) is 9.71 Å². The predicted octanol–water partition coefficient (Wildman–Crippen LogP) is 2.95. The Morgan fingerprint density at radius 3 is 2.87 bits per heavy atom. The molecule has 5 nitrogen and oxygen atoms in total. The second-order valence-electron chi connectivity index (χ2n) is 5.74. The molecule has 1 aliphatic heterocycles. The zero-order valence-corrected chi connectivity index (χ0v) is 13.9. The van der Waals surface area contributed by atoms with Crippen molar-refractivity contribution in [2.45, 2.75) is 18.9 Å². The Labute approximate surface area is 139 Å². The molecule has 2 heterocycles. The largest absolute Gasteiger partial charge is 0.487 e. The van der Waals surface area contributed by atoms with Gasteiger partial charge >= 0.3 is 0 Å². The molecule has 0 bridgehead atoms. The van der Waals surface area contributed by atoms with Crippen LogP contribution in [-0.2, 0) is 10.0 Å². The molecule has 1 N–H and O–H groups in total. The van der Waals surface area contributed by atoms with Gasteiger partial charge in [0.1, 0.15) is 17.4 Å². The Morgan fingerprint density at radius 2 is 2.13 bits per heavy atom. The molecule has 1 fully saturated rings. The molecule has 7 heteroatoms. The first-order valence-corrected chi connectivity index (χ1v) is 9.84. The lowest BCUT2D eigenvalue weighted by Gasteiger charge is -2.21. The quantitative estimate of drug-likeness (QED) is 0.902. The maximum Gasteiger partial charge on any atom is 0.240 e. The van der Waals surface area contributed by atoms with Gasteiger partial charge in [0.2, 0.25) is 10.0 Å². The van der Waals surface area contributed by atoms with E-state index in [9.17, 15) is 8.42 Å². The summed E-state index contributed by atoms with van der Waals surface area (Å²) >= 11 is 1.49. The molecular formula is C16H16N2O3S2. The first-order chi connectivity index (χ1) is 11.1. The summed E-state index contributed by atoms with van der Waals surface area (Å²) in [5.74, 6) is 1.05. The molecule has 1 atom stereocenters. The summed E-state index contributed by atoms with van der Waals surface area (Å²) < 4.78 is 33.9. The number of nitrogens with one attached hydrogen (secondary N) is 1. The van der Waals surface area contributed by atoms with Crippen molar-refractivity contribution in [1.29, 1.82) is 0 Å². The van der Waals surface area contributed by atoms with Gasteiger partial charge in [-0.3, -0.25) is 0 Å². The number of rotatable bonds is 5. The van der Waals surface area contributed by atoms with Crippen LogP contribution in [0.1, 0.15) is 29.5 Å². The van der Waals surface area contributed by atoms with E-state index >= 15 is 0 Å². The highest BCUT2D eigenvalue weighted by molar-refractivity contribution is 7.93. The molecule has 1 unspecified atom stereocenters. The Hall–Kier alpha value is -1.70. The third-order valence-electron chi connectivity index (χ3n) is 4.04. The van der Waals surface area contributed by atoms with E-state index in [0.29, 0.717) is 11.7 Å². The number of sulfonamides is 1. The molecule has 0 radical (unpaired) electrons. The molecule has 1 saturated carbocycles. The van der Waals surface area contributed by atoms with Crippen molar-refractivity contribution < 1.29 is 13.2 Å². The van der Waals surface area contributed by atoms with Crippen molar-refractivity contribution in [3.05, 3.63) is 51.3 Å². The van der Waals surface area contributed by atoms with Crippen LogP contribution in [0.3, 0.4) is 0 Å². The summed E-state index contributed by atoms with van der Waals surface area (Å²) in [4.78, 5) is 4.55. The predicted molar refractivity (Wildman–Crippen MR) is 89.5 cm³/mol. The zero-order chi connectivity index (χ0) is 15.9. The number of nitrogens with zero attached hydrogens (tertiary/aromatic N) is 1. The maximum atomic E-state index is 12.8. The van der Waals surface area contributed by atoms with E-state index in [4.69, 9.17) is 4.74 Å². The van der Waals surface area contributed by atoms with Crippen molar-refractivity contribution in [3.63, 3.8) is 0 Å². The summed E-state index contributed by atoms with van der Waals surface area (Å²) in [6, 6.07) is 7.19. The molecule has 2 aliphatic rings. The summed E-state index contributed by atoms with van der Waals surface area (Å²) in [7, 11) is -3.60. The summed E-state index contributed by atoms with van der Waals surface area (Å²) in [6.07, 6.45) is 5.46. The number of thiazole rings is 1. The average Bonchev–Trinajstić information content (AvgIpc) is 3.26. The van der Waals surface area contributed by atoms with Crippen LogP contribution in [0, 0.1) is 5.92 Å². The van der Waals surface area contributed by atoms with Crippen LogP contribution >= 0.6 is 11.3 Å². The summed E-state index contributed by atoms with van der Waals surface area (Å²) in [5.41, 5.74) is 0.788. The fourth-order valence-electron chi connectivity index (χ4n) is 2.66. The van der Waals surface area contributed by atoms with Crippen molar-refractivity contribution in [3.8, 4) is 5.75 Å². The molecule has 23 heavy (non-hydrogen) atoms. The molecule has 1 aromatic carbocycles.